The summed E-state index contributed by atoms with van der Waals surface area (Å²) in [4.78, 5) is 71.3. The molecular formula is C22H23NO12. The van der Waals surface area contributed by atoms with Gasteiger partial charge in [0.1, 0.15) is 18.5 Å². The predicted octanol–water partition coefficient (Wildman–Crippen LogP) is 0.0321. The summed E-state index contributed by atoms with van der Waals surface area (Å²) in [5.41, 5.74) is -0.0245. The van der Waals surface area contributed by atoms with Gasteiger partial charge < -0.3 is 28.4 Å². The second kappa shape index (κ2) is 10.5. The largest absolute Gasteiger partial charge is 0.463 e. The third-order valence-electron chi connectivity index (χ3n) is 4.92. The molecule has 5 atom stereocenters. The number of ether oxygens (including phenoxy) is 6. The second-order valence-corrected chi connectivity index (χ2v) is 7.65. The fraction of sp³-hybridized carbons (Fsp3) is 0.455. The molecule has 1 N–H and O–H groups in total. The highest BCUT2D eigenvalue weighted by Crippen LogP contribution is 2.33. The molecule has 0 unspecified atom stereocenters. The van der Waals surface area contributed by atoms with E-state index in [0.29, 0.717) is 0 Å². The van der Waals surface area contributed by atoms with Crippen LogP contribution < -0.4 is 10.1 Å². The van der Waals surface area contributed by atoms with Crippen molar-refractivity contribution in [2.45, 2.75) is 58.4 Å². The zero-order valence-electron chi connectivity index (χ0n) is 19.2. The van der Waals surface area contributed by atoms with Crippen LogP contribution in [0.25, 0.3) is 0 Å². The normalized spacial score (nSPS) is 25.1. The lowest BCUT2D eigenvalue weighted by molar-refractivity contribution is -0.288. The van der Waals surface area contributed by atoms with E-state index in [1.807, 2.05) is 0 Å². The molecule has 13 heteroatoms. The molecule has 1 saturated heterocycles. The van der Waals surface area contributed by atoms with Gasteiger partial charge in [-0.3, -0.25) is 34.1 Å². The van der Waals surface area contributed by atoms with Gasteiger partial charge in [0.2, 0.25) is 12.4 Å². The van der Waals surface area contributed by atoms with E-state index in [1.54, 1.807) is 0 Å². The van der Waals surface area contributed by atoms with Crippen molar-refractivity contribution in [2.75, 3.05) is 6.61 Å². The number of rotatable bonds is 7. The SMILES string of the molecule is CC(=O)OC[C@H]1O[C@H](Oc2cccc3c2C(=O)NC3=O)[C@H](OC(C)=O)[C@@H](OC(C)=O)[C@@H]1OC(C)=O. The van der Waals surface area contributed by atoms with Crippen molar-refractivity contribution >= 4 is 35.7 Å². The summed E-state index contributed by atoms with van der Waals surface area (Å²) in [6.45, 7) is 3.97. The molecule has 1 aromatic rings. The van der Waals surface area contributed by atoms with Crippen LogP contribution in [0.4, 0.5) is 0 Å². The van der Waals surface area contributed by atoms with Crippen LogP contribution in [0.2, 0.25) is 0 Å². The van der Waals surface area contributed by atoms with Gasteiger partial charge in [0.15, 0.2) is 12.2 Å². The molecule has 0 bridgehead atoms. The maximum absolute atomic E-state index is 12.3. The number of carbonyl (C=O) groups excluding carboxylic acids is 6. The zero-order valence-corrected chi connectivity index (χ0v) is 19.2. The number of hydrogen-bond acceptors (Lipinski definition) is 12. The minimum atomic E-state index is -1.54. The standard InChI is InChI=1S/C22H23NO12/c1-9(24)30-8-15-17(31-10(2)25)18(32-11(3)26)19(33-12(4)27)22(35-15)34-14-7-5-6-13-16(14)21(29)23-20(13)28/h5-7,15,17-19,22H,8H2,1-4H3,(H,23,28,29)/t15-,17-,18+,19-,22+/m1/s1. The van der Waals surface area contributed by atoms with Gasteiger partial charge in [0.25, 0.3) is 11.8 Å². The van der Waals surface area contributed by atoms with Crippen LogP contribution in [0, 0.1) is 0 Å². The van der Waals surface area contributed by atoms with E-state index in [2.05, 4.69) is 5.32 Å². The monoisotopic (exact) mass is 493 g/mol. The summed E-state index contributed by atoms with van der Waals surface area (Å²) in [7, 11) is 0. The van der Waals surface area contributed by atoms with Gasteiger partial charge in [-0.05, 0) is 12.1 Å². The van der Waals surface area contributed by atoms with Crippen molar-refractivity contribution < 1.29 is 57.2 Å². The van der Waals surface area contributed by atoms with Gasteiger partial charge in [-0.25, -0.2) is 0 Å². The molecule has 188 valence electrons. The maximum Gasteiger partial charge on any atom is 0.303 e. The molecule has 35 heavy (non-hydrogen) atoms. The van der Waals surface area contributed by atoms with Crippen LogP contribution in [0.3, 0.4) is 0 Å². The van der Waals surface area contributed by atoms with Crippen LogP contribution in [-0.4, -0.2) is 73.0 Å². The van der Waals surface area contributed by atoms with Crippen molar-refractivity contribution in [1.29, 1.82) is 0 Å². The lowest BCUT2D eigenvalue weighted by Gasteiger charge is -2.44. The highest BCUT2D eigenvalue weighted by molar-refractivity contribution is 6.22. The Balaban J connectivity index is 2.04. The first-order valence-electron chi connectivity index (χ1n) is 10.4. The molecule has 13 nitrogen and oxygen atoms in total. The molecule has 0 spiro atoms. The van der Waals surface area contributed by atoms with Gasteiger partial charge in [-0.2, -0.15) is 0 Å². The van der Waals surface area contributed by atoms with Gasteiger partial charge in [0, 0.05) is 27.7 Å². The third kappa shape index (κ3) is 5.93. The Hall–Kier alpha value is -4.00. The summed E-state index contributed by atoms with van der Waals surface area (Å²) in [5, 5.41) is 2.14. The third-order valence-corrected chi connectivity index (χ3v) is 4.92. The second-order valence-electron chi connectivity index (χ2n) is 7.65. The van der Waals surface area contributed by atoms with Crippen LogP contribution >= 0.6 is 0 Å². The average molecular weight is 493 g/mol. The Labute approximate surface area is 198 Å². The summed E-state index contributed by atoms with van der Waals surface area (Å²) in [6, 6.07) is 4.25. The number of nitrogens with one attached hydrogen (secondary N) is 1. The number of hydrogen-bond donors (Lipinski definition) is 1. The van der Waals surface area contributed by atoms with Gasteiger partial charge in [-0.1, -0.05) is 6.07 Å². The van der Waals surface area contributed by atoms with Crippen LogP contribution in [-0.2, 0) is 42.9 Å². The molecule has 0 aromatic heterocycles. The summed E-state index contributed by atoms with van der Waals surface area (Å²) in [6.07, 6.45) is -7.04. The first kappa shape index (κ1) is 25.6. The van der Waals surface area contributed by atoms with E-state index in [-0.39, 0.29) is 16.9 Å². The number of imide groups is 1. The fourth-order valence-corrected chi connectivity index (χ4v) is 3.69. The summed E-state index contributed by atoms with van der Waals surface area (Å²) in [5.74, 6) is -4.50. The molecule has 0 saturated carbocycles. The van der Waals surface area contributed by atoms with E-state index in [0.717, 1.165) is 27.7 Å². The molecule has 0 aliphatic carbocycles. The number of benzene rings is 1. The predicted molar refractivity (Wildman–Crippen MR) is 111 cm³/mol. The van der Waals surface area contributed by atoms with Crippen molar-refractivity contribution in [3.63, 3.8) is 0 Å². The average Bonchev–Trinajstić information content (AvgIpc) is 3.04. The molecule has 1 aromatic carbocycles. The minimum Gasteiger partial charge on any atom is -0.463 e. The van der Waals surface area contributed by atoms with Crippen LogP contribution in [0.1, 0.15) is 48.4 Å². The smallest absolute Gasteiger partial charge is 0.303 e. The van der Waals surface area contributed by atoms with E-state index >= 15 is 0 Å². The minimum absolute atomic E-state index is 0.0538. The first-order valence-corrected chi connectivity index (χ1v) is 10.4. The lowest BCUT2D eigenvalue weighted by atomic mass is 9.98. The highest BCUT2D eigenvalue weighted by atomic mass is 16.7. The van der Waals surface area contributed by atoms with E-state index in [9.17, 15) is 28.8 Å². The molecule has 2 amide bonds. The lowest BCUT2D eigenvalue weighted by Crippen LogP contribution is -2.63. The Morgan fingerprint density at radius 3 is 2.03 bits per heavy atom. The molecule has 2 aliphatic rings. The van der Waals surface area contributed by atoms with Crippen LogP contribution in [0.5, 0.6) is 5.75 Å². The van der Waals surface area contributed by atoms with Crippen molar-refractivity contribution in [2.24, 2.45) is 0 Å². The Bertz CT molecular complexity index is 1070. The van der Waals surface area contributed by atoms with Crippen molar-refractivity contribution in [3.05, 3.63) is 29.3 Å². The molecule has 2 heterocycles. The quantitative estimate of drug-likeness (QED) is 0.308. The van der Waals surface area contributed by atoms with E-state index < -0.39 is 73.0 Å². The van der Waals surface area contributed by atoms with Crippen molar-refractivity contribution in [3.8, 4) is 5.75 Å². The van der Waals surface area contributed by atoms with Crippen LogP contribution in [0.15, 0.2) is 18.2 Å². The number of carbonyl (C=O) groups is 6. The first-order chi connectivity index (χ1) is 16.5. The number of esters is 4. The van der Waals surface area contributed by atoms with E-state index in [1.165, 1.54) is 18.2 Å². The zero-order chi connectivity index (χ0) is 25.9. The van der Waals surface area contributed by atoms with Crippen molar-refractivity contribution in [1.82, 2.24) is 5.32 Å². The molecule has 3 rings (SSSR count). The number of fused-ring (bicyclic) bond motifs is 1. The number of amides is 2. The van der Waals surface area contributed by atoms with Gasteiger partial charge in [0.05, 0.1) is 11.1 Å². The Morgan fingerprint density at radius 2 is 1.43 bits per heavy atom. The molecule has 2 aliphatic heterocycles. The van der Waals surface area contributed by atoms with Gasteiger partial charge >= 0.3 is 23.9 Å². The maximum atomic E-state index is 12.3. The van der Waals surface area contributed by atoms with Gasteiger partial charge in [-0.15, -0.1) is 0 Å². The summed E-state index contributed by atoms with van der Waals surface area (Å²) < 4.78 is 32.6. The Morgan fingerprint density at radius 1 is 0.829 bits per heavy atom. The fourth-order valence-electron chi connectivity index (χ4n) is 3.69. The Kier molecular flexibility index (Phi) is 7.69. The molecular weight excluding hydrogens is 470 g/mol. The highest BCUT2D eigenvalue weighted by Gasteiger charge is 2.53. The topological polar surface area (TPSA) is 170 Å². The van der Waals surface area contributed by atoms with E-state index in [4.69, 9.17) is 28.4 Å². The molecule has 1 fully saturated rings. The molecule has 0 radical (unpaired) electrons. The summed E-state index contributed by atoms with van der Waals surface area (Å²) >= 11 is 0.